The molecule has 0 bridgehead atoms. The molecule has 0 saturated heterocycles. The molecule has 10 heteroatoms. The van der Waals surface area contributed by atoms with Crippen molar-refractivity contribution < 1.29 is 23.0 Å². The molecule has 0 amide bonds. The first-order valence-corrected chi connectivity index (χ1v) is 14.1. The van der Waals surface area contributed by atoms with E-state index in [9.17, 15) is 9.00 Å². The number of aromatic nitrogens is 1. The van der Waals surface area contributed by atoms with Crippen molar-refractivity contribution in [1.82, 2.24) is 5.16 Å². The molecule has 0 saturated carbocycles. The maximum Gasteiger partial charge on any atom is 0.337 e. The zero-order chi connectivity index (χ0) is 28.1. The zero-order valence-electron chi connectivity index (χ0n) is 21.9. The topological polar surface area (TPSA) is 81.9 Å². The molecule has 4 aromatic rings. The van der Waals surface area contributed by atoms with Crippen molar-refractivity contribution in [3.05, 3.63) is 93.7 Å². The highest BCUT2D eigenvalue weighted by atomic mass is 35.5. The van der Waals surface area contributed by atoms with Crippen molar-refractivity contribution in [2.75, 3.05) is 18.0 Å². The molecular formula is C29H28Cl2N2O5S. The van der Waals surface area contributed by atoms with Crippen LogP contribution in [0.15, 0.2) is 76.1 Å². The number of carbonyl (C=O) groups is 1. The Morgan fingerprint density at radius 1 is 1.03 bits per heavy atom. The SMILES string of the molecule is CCN(c1ccc(OCc2c(-c3c(Cl)cccc3Cl)noc2C(C)C)cc1)S(=O)c1ccc(C(=O)OC)cc1. The van der Waals surface area contributed by atoms with Crippen LogP contribution in [0.1, 0.15) is 48.4 Å². The summed E-state index contributed by atoms with van der Waals surface area (Å²) in [5.74, 6) is 0.950. The third-order valence-electron chi connectivity index (χ3n) is 6.01. The van der Waals surface area contributed by atoms with E-state index in [2.05, 4.69) is 5.16 Å². The molecule has 7 nitrogen and oxygen atoms in total. The summed E-state index contributed by atoms with van der Waals surface area (Å²) in [7, 11) is -0.150. The molecular weight excluding hydrogens is 559 g/mol. The van der Waals surface area contributed by atoms with Crippen LogP contribution in [0.5, 0.6) is 5.75 Å². The monoisotopic (exact) mass is 586 g/mol. The van der Waals surface area contributed by atoms with Gasteiger partial charge in [0.1, 0.15) is 23.8 Å². The Balaban J connectivity index is 1.52. The molecule has 0 aliphatic heterocycles. The second-order valence-electron chi connectivity index (χ2n) is 8.87. The fraction of sp³-hybridized carbons (Fsp3) is 0.241. The summed E-state index contributed by atoms with van der Waals surface area (Å²) in [5, 5.41) is 5.22. The van der Waals surface area contributed by atoms with Gasteiger partial charge in [-0.2, -0.15) is 0 Å². The molecule has 0 fully saturated rings. The summed E-state index contributed by atoms with van der Waals surface area (Å²) in [6.45, 7) is 6.65. The number of hydrogen-bond acceptors (Lipinski definition) is 6. The third kappa shape index (κ3) is 6.30. The molecule has 1 atom stereocenters. The molecule has 0 N–H and O–H groups in total. The van der Waals surface area contributed by atoms with Gasteiger partial charge in [-0.05, 0) is 67.6 Å². The third-order valence-corrected chi connectivity index (χ3v) is 8.19. The summed E-state index contributed by atoms with van der Waals surface area (Å²) in [6.07, 6.45) is 0. The number of hydrogen-bond donors (Lipinski definition) is 0. The Hall–Kier alpha value is -3.33. The van der Waals surface area contributed by atoms with Gasteiger partial charge in [0.25, 0.3) is 0 Å². The highest BCUT2D eigenvalue weighted by molar-refractivity contribution is 7.86. The van der Waals surface area contributed by atoms with Gasteiger partial charge >= 0.3 is 5.97 Å². The molecule has 0 radical (unpaired) electrons. The lowest BCUT2D eigenvalue weighted by molar-refractivity contribution is 0.0600. The minimum Gasteiger partial charge on any atom is -0.489 e. The van der Waals surface area contributed by atoms with Gasteiger partial charge in [0.2, 0.25) is 0 Å². The van der Waals surface area contributed by atoms with Gasteiger partial charge in [0, 0.05) is 23.7 Å². The molecule has 4 rings (SSSR count). The van der Waals surface area contributed by atoms with Crippen LogP contribution in [0, 0.1) is 0 Å². The fourth-order valence-corrected chi connectivity index (χ4v) is 5.80. The standard InChI is InChI=1S/C29H28Cl2N2O5S/c1-5-33(39(35)22-15-9-19(10-16-22)29(34)36-4)20-11-13-21(14-12-20)37-17-23-27(32-38-28(23)18(2)3)26-24(30)7-6-8-25(26)31/h6-16,18H,5,17H2,1-4H3. The maximum absolute atomic E-state index is 13.3. The maximum atomic E-state index is 13.3. The molecule has 1 heterocycles. The molecule has 3 aromatic carbocycles. The van der Waals surface area contributed by atoms with Crippen LogP contribution < -0.4 is 9.04 Å². The Morgan fingerprint density at radius 3 is 2.23 bits per heavy atom. The van der Waals surface area contributed by atoms with E-state index < -0.39 is 17.0 Å². The van der Waals surface area contributed by atoms with Gasteiger partial charge in [-0.15, -0.1) is 0 Å². The normalized spacial score (nSPS) is 11.9. The van der Waals surface area contributed by atoms with Gasteiger partial charge < -0.3 is 14.0 Å². The molecule has 39 heavy (non-hydrogen) atoms. The number of halogens is 2. The molecule has 0 aliphatic carbocycles. The van der Waals surface area contributed by atoms with Gasteiger partial charge in [-0.3, -0.25) is 4.31 Å². The number of esters is 1. The summed E-state index contributed by atoms with van der Waals surface area (Å²) in [4.78, 5) is 12.3. The van der Waals surface area contributed by atoms with Gasteiger partial charge in [0.15, 0.2) is 11.0 Å². The molecule has 0 spiro atoms. The van der Waals surface area contributed by atoms with E-state index >= 15 is 0 Å². The Bertz CT molecular complexity index is 1450. The molecule has 1 unspecified atom stereocenters. The quantitative estimate of drug-likeness (QED) is 0.177. The van der Waals surface area contributed by atoms with Crippen molar-refractivity contribution in [3.8, 4) is 17.0 Å². The van der Waals surface area contributed by atoms with E-state index in [0.717, 1.165) is 11.3 Å². The average molecular weight is 588 g/mol. The number of carbonyl (C=O) groups excluding carboxylic acids is 1. The van der Waals surface area contributed by atoms with Crippen molar-refractivity contribution >= 4 is 45.8 Å². The second-order valence-corrected chi connectivity index (χ2v) is 11.1. The Labute approximate surface area is 240 Å². The minimum absolute atomic E-state index is 0.0725. The number of anilines is 1. The lowest BCUT2D eigenvalue weighted by Gasteiger charge is -2.22. The smallest absolute Gasteiger partial charge is 0.337 e. The van der Waals surface area contributed by atoms with Crippen molar-refractivity contribution in [2.24, 2.45) is 0 Å². The van der Waals surface area contributed by atoms with Crippen molar-refractivity contribution in [3.63, 3.8) is 0 Å². The number of rotatable bonds is 10. The lowest BCUT2D eigenvalue weighted by Crippen LogP contribution is -2.25. The van der Waals surface area contributed by atoms with E-state index in [1.54, 1.807) is 46.8 Å². The number of benzene rings is 3. The predicted octanol–water partition coefficient (Wildman–Crippen LogP) is 7.69. The van der Waals surface area contributed by atoms with Gasteiger partial charge in [-0.25, -0.2) is 9.00 Å². The van der Waals surface area contributed by atoms with E-state index in [4.69, 9.17) is 37.2 Å². The van der Waals surface area contributed by atoms with Crippen LogP contribution >= 0.6 is 23.2 Å². The predicted molar refractivity (Wildman–Crippen MR) is 154 cm³/mol. The second kappa shape index (κ2) is 12.7. The van der Waals surface area contributed by atoms with Crippen LogP contribution in [-0.4, -0.2) is 29.0 Å². The van der Waals surface area contributed by atoms with Gasteiger partial charge in [0.05, 0.1) is 33.2 Å². The van der Waals surface area contributed by atoms with Crippen LogP contribution in [0.2, 0.25) is 10.0 Å². The van der Waals surface area contributed by atoms with E-state index in [1.165, 1.54) is 7.11 Å². The lowest BCUT2D eigenvalue weighted by atomic mass is 10.0. The van der Waals surface area contributed by atoms with Crippen LogP contribution in [-0.2, 0) is 22.3 Å². The average Bonchev–Trinajstić information content (AvgIpc) is 3.36. The molecule has 204 valence electrons. The summed E-state index contributed by atoms with van der Waals surface area (Å²) >= 11 is 12.9. The Morgan fingerprint density at radius 2 is 1.67 bits per heavy atom. The summed E-state index contributed by atoms with van der Waals surface area (Å²) in [6, 6.07) is 19.2. The first kappa shape index (κ1) is 28.7. The van der Waals surface area contributed by atoms with Gasteiger partial charge in [-0.1, -0.05) is 48.3 Å². The molecule has 0 aliphatic rings. The summed E-state index contributed by atoms with van der Waals surface area (Å²) in [5.41, 5.74) is 3.09. The molecule has 1 aromatic heterocycles. The van der Waals surface area contributed by atoms with Crippen LogP contribution in [0.3, 0.4) is 0 Å². The van der Waals surface area contributed by atoms with E-state index in [1.807, 2.05) is 45.0 Å². The zero-order valence-corrected chi connectivity index (χ0v) is 24.3. The highest BCUT2D eigenvalue weighted by Crippen LogP contribution is 2.39. The van der Waals surface area contributed by atoms with Crippen molar-refractivity contribution in [1.29, 1.82) is 0 Å². The van der Waals surface area contributed by atoms with Crippen LogP contribution in [0.4, 0.5) is 5.69 Å². The van der Waals surface area contributed by atoms with E-state index in [0.29, 0.717) is 49.8 Å². The largest absolute Gasteiger partial charge is 0.489 e. The number of ether oxygens (including phenoxy) is 2. The van der Waals surface area contributed by atoms with Crippen molar-refractivity contribution in [2.45, 2.75) is 38.2 Å². The number of nitrogens with zero attached hydrogens (tertiary/aromatic N) is 2. The summed E-state index contributed by atoms with van der Waals surface area (Å²) < 4.78 is 31.5. The Kier molecular flexibility index (Phi) is 9.32. The van der Waals surface area contributed by atoms with Crippen LogP contribution in [0.25, 0.3) is 11.3 Å². The fourth-order valence-electron chi connectivity index (χ4n) is 4.05. The highest BCUT2D eigenvalue weighted by Gasteiger charge is 2.24. The number of methoxy groups -OCH3 is 1. The minimum atomic E-state index is -1.47. The van der Waals surface area contributed by atoms with E-state index in [-0.39, 0.29) is 12.5 Å². The first-order valence-electron chi connectivity index (χ1n) is 12.3. The first-order chi connectivity index (χ1) is 18.7.